The maximum absolute atomic E-state index is 12.6. The number of aromatic hydroxyl groups is 1. The van der Waals surface area contributed by atoms with Crippen molar-refractivity contribution in [3.8, 4) is 11.4 Å². The van der Waals surface area contributed by atoms with E-state index in [0.717, 1.165) is 49.7 Å². The van der Waals surface area contributed by atoms with Crippen molar-refractivity contribution in [2.45, 2.75) is 26.3 Å². The van der Waals surface area contributed by atoms with Crippen LogP contribution in [0.2, 0.25) is 0 Å². The Balaban J connectivity index is 1.43. The fraction of sp³-hybridized carbons (Fsp3) is 0.364. The van der Waals surface area contributed by atoms with E-state index in [1.54, 1.807) is 23.0 Å². The minimum atomic E-state index is -0.102. The lowest BCUT2D eigenvalue weighted by Crippen LogP contribution is -2.46. The molecule has 0 bridgehead atoms. The summed E-state index contributed by atoms with van der Waals surface area (Å²) in [7, 11) is 0. The van der Waals surface area contributed by atoms with E-state index in [9.17, 15) is 9.90 Å². The number of benzene rings is 2. The van der Waals surface area contributed by atoms with Gasteiger partial charge < -0.3 is 14.9 Å². The lowest BCUT2D eigenvalue weighted by molar-refractivity contribution is 0.460. The molecule has 0 amide bonds. The van der Waals surface area contributed by atoms with Gasteiger partial charge >= 0.3 is 5.69 Å². The fourth-order valence-electron chi connectivity index (χ4n) is 3.68. The van der Waals surface area contributed by atoms with Gasteiger partial charge in [0, 0.05) is 37.6 Å². The lowest BCUT2D eigenvalue weighted by atomic mass is 10.2. The smallest absolute Gasteiger partial charge is 0.350 e. The summed E-state index contributed by atoms with van der Waals surface area (Å²) in [5.41, 5.74) is 3.02. The molecule has 0 spiro atoms. The second kappa shape index (κ2) is 8.03. The van der Waals surface area contributed by atoms with E-state index >= 15 is 0 Å². The summed E-state index contributed by atoms with van der Waals surface area (Å²) in [6.07, 6.45) is 2.46. The Kier molecular flexibility index (Phi) is 5.29. The van der Waals surface area contributed by atoms with Gasteiger partial charge in [0.1, 0.15) is 12.1 Å². The average molecular weight is 393 g/mol. The van der Waals surface area contributed by atoms with Gasteiger partial charge in [-0.05, 0) is 61.9 Å². The van der Waals surface area contributed by atoms with Gasteiger partial charge in [0.25, 0.3) is 0 Å². The Morgan fingerprint density at radius 2 is 1.38 bits per heavy atom. The molecule has 0 radical (unpaired) electrons. The summed E-state index contributed by atoms with van der Waals surface area (Å²) >= 11 is 0. The lowest BCUT2D eigenvalue weighted by Gasteiger charge is -2.37. The van der Waals surface area contributed by atoms with Crippen LogP contribution in [0.3, 0.4) is 0 Å². The molecular weight excluding hydrogens is 366 g/mol. The topological polar surface area (TPSA) is 66.5 Å². The van der Waals surface area contributed by atoms with E-state index in [0.29, 0.717) is 5.75 Å². The van der Waals surface area contributed by atoms with Crippen LogP contribution in [-0.2, 0) is 0 Å². The van der Waals surface area contributed by atoms with Crippen molar-refractivity contribution in [3.63, 3.8) is 0 Å². The summed E-state index contributed by atoms with van der Waals surface area (Å²) in [5.74, 6) is 0.293. The predicted molar refractivity (Wildman–Crippen MR) is 115 cm³/mol. The van der Waals surface area contributed by atoms with Gasteiger partial charge in [-0.3, -0.25) is 0 Å². The van der Waals surface area contributed by atoms with Crippen LogP contribution in [0, 0.1) is 0 Å². The minimum Gasteiger partial charge on any atom is -0.508 e. The van der Waals surface area contributed by atoms with Crippen molar-refractivity contribution in [3.05, 3.63) is 65.3 Å². The third-order valence-corrected chi connectivity index (χ3v) is 5.69. The Hall–Kier alpha value is -3.22. The van der Waals surface area contributed by atoms with Crippen molar-refractivity contribution >= 4 is 11.4 Å². The van der Waals surface area contributed by atoms with E-state index in [2.05, 4.69) is 27.0 Å². The molecule has 0 aliphatic carbocycles. The van der Waals surface area contributed by atoms with Crippen LogP contribution in [0.5, 0.6) is 5.75 Å². The molecular formula is C22H27N5O2. The second-order valence-corrected chi connectivity index (χ2v) is 7.49. The maximum Gasteiger partial charge on any atom is 0.350 e. The SMILES string of the molecule is CC[C@@H](C)n1ncn(-c2ccc(N3CCN(c4ccc(O)cc4)CC3)cc2)c1=O. The van der Waals surface area contributed by atoms with Crippen molar-refractivity contribution in [2.75, 3.05) is 36.0 Å². The number of rotatable bonds is 5. The van der Waals surface area contributed by atoms with Crippen LogP contribution < -0.4 is 15.5 Å². The molecule has 7 heteroatoms. The van der Waals surface area contributed by atoms with E-state index < -0.39 is 0 Å². The Bertz CT molecular complexity index is 999. The van der Waals surface area contributed by atoms with Gasteiger partial charge in [0.2, 0.25) is 0 Å². The number of phenolic OH excluding ortho intramolecular Hbond substituents is 1. The number of phenols is 1. The zero-order valence-corrected chi connectivity index (χ0v) is 16.9. The van der Waals surface area contributed by atoms with Gasteiger partial charge in [-0.15, -0.1) is 0 Å². The van der Waals surface area contributed by atoms with Gasteiger partial charge in [0.05, 0.1) is 11.7 Å². The summed E-state index contributed by atoms with van der Waals surface area (Å²) in [4.78, 5) is 17.3. The third kappa shape index (κ3) is 3.85. The monoisotopic (exact) mass is 393 g/mol. The minimum absolute atomic E-state index is 0.0906. The third-order valence-electron chi connectivity index (χ3n) is 5.69. The van der Waals surface area contributed by atoms with Crippen molar-refractivity contribution < 1.29 is 5.11 Å². The molecule has 29 heavy (non-hydrogen) atoms. The number of anilines is 2. The first kappa shape index (κ1) is 19.1. The highest BCUT2D eigenvalue weighted by molar-refractivity contribution is 5.54. The van der Waals surface area contributed by atoms with Gasteiger partial charge in [0.15, 0.2) is 0 Å². The first-order valence-corrected chi connectivity index (χ1v) is 10.1. The number of piperazine rings is 1. The van der Waals surface area contributed by atoms with Gasteiger partial charge in [-0.2, -0.15) is 5.10 Å². The van der Waals surface area contributed by atoms with Crippen molar-refractivity contribution in [2.24, 2.45) is 0 Å². The quantitative estimate of drug-likeness (QED) is 0.722. The molecule has 1 aromatic heterocycles. The highest BCUT2D eigenvalue weighted by Crippen LogP contribution is 2.23. The molecule has 1 N–H and O–H groups in total. The van der Waals surface area contributed by atoms with E-state index in [4.69, 9.17) is 0 Å². The fourth-order valence-corrected chi connectivity index (χ4v) is 3.68. The molecule has 1 atom stereocenters. The van der Waals surface area contributed by atoms with E-state index in [1.165, 1.54) is 4.68 Å². The molecule has 0 unspecified atom stereocenters. The molecule has 1 aliphatic heterocycles. The molecule has 152 valence electrons. The van der Waals surface area contributed by atoms with E-state index in [1.807, 2.05) is 38.1 Å². The molecule has 1 saturated heterocycles. The van der Waals surface area contributed by atoms with Crippen LogP contribution in [0.4, 0.5) is 11.4 Å². The summed E-state index contributed by atoms with van der Waals surface area (Å²) < 4.78 is 3.13. The number of hydrogen-bond acceptors (Lipinski definition) is 5. The molecule has 2 aromatic carbocycles. The van der Waals surface area contributed by atoms with Crippen LogP contribution >= 0.6 is 0 Å². The number of aromatic nitrogens is 3. The molecule has 3 aromatic rings. The maximum atomic E-state index is 12.6. The zero-order chi connectivity index (χ0) is 20.4. The Morgan fingerprint density at radius 3 is 1.90 bits per heavy atom. The molecule has 1 fully saturated rings. The second-order valence-electron chi connectivity index (χ2n) is 7.49. The van der Waals surface area contributed by atoms with Gasteiger partial charge in [-0.1, -0.05) is 6.92 Å². The highest BCUT2D eigenvalue weighted by atomic mass is 16.3. The number of hydrogen-bond donors (Lipinski definition) is 1. The average Bonchev–Trinajstić information content (AvgIpc) is 3.15. The van der Waals surface area contributed by atoms with Crippen molar-refractivity contribution in [1.82, 2.24) is 14.3 Å². The van der Waals surface area contributed by atoms with Crippen LogP contribution in [-0.4, -0.2) is 45.6 Å². The van der Waals surface area contributed by atoms with Gasteiger partial charge in [-0.25, -0.2) is 14.0 Å². The predicted octanol–water partition coefficient (Wildman–Crippen LogP) is 3.04. The highest BCUT2D eigenvalue weighted by Gasteiger charge is 2.18. The molecule has 2 heterocycles. The van der Waals surface area contributed by atoms with Crippen molar-refractivity contribution in [1.29, 1.82) is 0 Å². The summed E-state index contributed by atoms with van der Waals surface area (Å²) in [5, 5.41) is 13.7. The largest absolute Gasteiger partial charge is 0.508 e. The van der Waals surface area contributed by atoms with Crippen LogP contribution in [0.1, 0.15) is 26.3 Å². The first-order valence-electron chi connectivity index (χ1n) is 10.1. The number of nitrogens with zero attached hydrogens (tertiary/aromatic N) is 5. The van der Waals surface area contributed by atoms with Crippen LogP contribution in [0.15, 0.2) is 59.7 Å². The van der Waals surface area contributed by atoms with E-state index in [-0.39, 0.29) is 11.7 Å². The first-order chi connectivity index (χ1) is 14.1. The normalized spacial score (nSPS) is 15.5. The zero-order valence-electron chi connectivity index (χ0n) is 16.9. The summed E-state index contributed by atoms with van der Waals surface area (Å²) in [6, 6.07) is 15.5. The molecule has 1 aliphatic rings. The molecule has 7 nitrogen and oxygen atoms in total. The Morgan fingerprint density at radius 1 is 0.897 bits per heavy atom. The van der Waals surface area contributed by atoms with Crippen LogP contribution in [0.25, 0.3) is 5.69 Å². The molecule has 4 rings (SSSR count). The summed E-state index contributed by atoms with van der Waals surface area (Å²) in [6.45, 7) is 7.74. The standard InChI is InChI=1S/C22H27N5O2/c1-3-17(2)27-22(29)26(16-23-27)20-6-4-18(5-7-20)24-12-14-25(15-13-24)19-8-10-21(28)11-9-19/h4-11,16-17,28H,3,12-15H2,1-2H3/t17-/m1/s1. The molecule has 0 saturated carbocycles. The Labute approximate surface area is 170 Å².